The summed E-state index contributed by atoms with van der Waals surface area (Å²) in [4.78, 5) is 16.1. The second-order valence-electron chi connectivity index (χ2n) is 4.58. The third-order valence-corrected chi connectivity index (χ3v) is 3.07. The van der Waals surface area contributed by atoms with Crippen molar-refractivity contribution in [2.75, 3.05) is 0 Å². The number of hydrogen-bond acceptors (Lipinski definition) is 3. The molecule has 5 heteroatoms. The van der Waals surface area contributed by atoms with E-state index in [1.54, 1.807) is 18.5 Å². The Morgan fingerprint density at radius 1 is 1.14 bits per heavy atom. The van der Waals surface area contributed by atoms with Crippen LogP contribution in [0.2, 0.25) is 0 Å². The Labute approximate surface area is 122 Å². The Balaban J connectivity index is 1.67. The van der Waals surface area contributed by atoms with Gasteiger partial charge in [0.2, 0.25) is 0 Å². The molecule has 0 aliphatic rings. The maximum atomic E-state index is 12.1. The van der Waals surface area contributed by atoms with Gasteiger partial charge in [0.05, 0.1) is 5.69 Å². The van der Waals surface area contributed by atoms with Crippen LogP contribution in [-0.4, -0.2) is 21.1 Å². The van der Waals surface area contributed by atoms with Crippen LogP contribution >= 0.6 is 0 Å². The lowest BCUT2D eigenvalue weighted by atomic mass is 10.1. The number of carbonyl (C=O) groups excluding carboxylic acids is 1. The molecule has 5 nitrogen and oxygen atoms in total. The smallest absolute Gasteiger partial charge is 0.269 e. The molecule has 0 unspecified atom stereocenters. The van der Waals surface area contributed by atoms with Gasteiger partial charge in [-0.05, 0) is 17.7 Å². The highest BCUT2D eigenvalue weighted by Crippen LogP contribution is 2.16. The molecule has 21 heavy (non-hydrogen) atoms. The molecule has 0 spiro atoms. The first-order valence-electron chi connectivity index (χ1n) is 6.61. The minimum atomic E-state index is -0.187. The number of nitrogens with zero attached hydrogens (tertiary/aromatic N) is 2. The third kappa shape index (κ3) is 3.14. The fourth-order valence-electron chi connectivity index (χ4n) is 1.98. The maximum Gasteiger partial charge on any atom is 0.269 e. The van der Waals surface area contributed by atoms with Crippen molar-refractivity contribution in [3.63, 3.8) is 0 Å². The topological polar surface area (TPSA) is 70.7 Å². The highest BCUT2D eigenvalue weighted by molar-refractivity contribution is 5.93. The number of H-pyrrole nitrogens is 1. The van der Waals surface area contributed by atoms with Crippen molar-refractivity contribution < 1.29 is 4.79 Å². The highest BCUT2D eigenvalue weighted by Gasteiger charge is 2.10. The van der Waals surface area contributed by atoms with E-state index in [1.165, 1.54) is 0 Å². The lowest BCUT2D eigenvalue weighted by Gasteiger charge is -2.02. The van der Waals surface area contributed by atoms with E-state index in [1.807, 2.05) is 42.5 Å². The number of benzene rings is 1. The molecule has 2 heterocycles. The summed E-state index contributed by atoms with van der Waals surface area (Å²) in [5, 5.41) is 9.76. The van der Waals surface area contributed by atoms with Crippen molar-refractivity contribution in [2.45, 2.75) is 6.54 Å². The van der Waals surface area contributed by atoms with Crippen molar-refractivity contribution in [2.24, 2.45) is 0 Å². The molecular weight excluding hydrogens is 264 g/mol. The van der Waals surface area contributed by atoms with E-state index in [-0.39, 0.29) is 5.91 Å². The maximum absolute atomic E-state index is 12.1. The minimum absolute atomic E-state index is 0.187. The van der Waals surface area contributed by atoms with Gasteiger partial charge in [0.25, 0.3) is 5.91 Å². The molecule has 1 aromatic carbocycles. The van der Waals surface area contributed by atoms with E-state index >= 15 is 0 Å². The molecule has 3 aromatic rings. The van der Waals surface area contributed by atoms with Crippen LogP contribution in [0.4, 0.5) is 0 Å². The number of aromatic amines is 1. The summed E-state index contributed by atoms with van der Waals surface area (Å²) < 4.78 is 0. The normalized spacial score (nSPS) is 10.3. The molecule has 0 saturated carbocycles. The van der Waals surface area contributed by atoms with Gasteiger partial charge in [-0.2, -0.15) is 5.10 Å². The molecule has 0 radical (unpaired) electrons. The van der Waals surface area contributed by atoms with Crippen LogP contribution in [0.15, 0.2) is 60.9 Å². The van der Waals surface area contributed by atoms with E-state index < -0.39 is 0 Å². The molecule has 0 saturated heterocycles. The average Bonchev–Trinajstić information content (AvgIpc) is 3.04. The molecular formula is C16H14N4O. The molecule has 3 rings (SSSR count). The Hall–Kier alpha value is -2.95. The quantitative estimate of drug-likeness (QED) is 0.770. The van der Waals surface area contributed by atoms with Crippen molar-refractivity contribution in [1.29, 1.82) is 0 Å². The zero-order valence-corrected chi connectivity index (χ0v) is 11.3. The number of aromatic nitrogens is 3. The van der Waals surface area contributed by atoms with Crippen LogP contribution in [-0.2, 0) is 6.54 Å². The molecule has 0 aliphatic heterocycles. The van der Waals surface area contributed by atoms with E-state index in [9.17, 15) is 4.79 Å². The van der Waals surface area contributed by atoms with Gasteiger partial charge in [0.1, 0.15) is 5.69 Å². The van der Waals surface area contributed by atoms with Crippen LogP contribution in [0.1, 0.15) is 16.1 Å². The van der Waals surface area contributed by atoms with Gasteiger partial charge in [0, 0.05) is 24.5 Å². The molecule has 104 valence electrons. The molecule has 2 N–H and O–H groups in total. The molecule has 0 bridgehead atoms. The van der Waals surface area contributed by atoms with Gasteiger partial charge < -0.3 is 5.32 Å². The predicted octanol–water partition coefficient (Wildman–Crippen LogP) is 2.40. The lowest BCUT2D eigenvalue weighted by Crippen LogP contribution is -2.23. The number of carbonyl (C=O) groups is 1. The molecule has 0 fully saturated rings. The Bertz CT molecular complexity index is 722. The second-order valence-corrected chi connectivity index (χ2v) is 4.58. The van der Waals surface area contributed by atoms with Gasteiger partial charge in [-0.1, -0.05) is 36.4 Å². The summed E-state index contributed by atoms with van der Waals surface area (Å²) in [6.07, 6.45) is 3.43. The zero-order valence-electron chi connectivity index (χ0n) is 11.3. The van der Waals surface area contributed by atoms with Gasteiger partial charge in [-0.25, -0.2) is 0 Å². The standard InChI is InChI=1S/C16H14N4O/c21-16(18-11-12-5-4-8-17-10-12)15-9-14(19-20-15)13-6-2-1-3-7-13/h1-10H,11H2,(H,18,21)(H,19,20). The van der Waals surface area contributed by atoms with Gasteiger partial charge in [-0.3, -0.25) is 14.9 Å². The van der Waals surface area contributed by atoms with Crippen molar-refractivity contribution in [1.82, 2.24) is 20.5 Å². The lowest BCUT2D eigenvalue weighted by molar-refractivity contribution is 0.0946. The number of nitrogens with one attached hydrogen (secondary N) is 2. The number of amides is 1. The molecule has 1 amide bonds. The number of rotatable bonds is 4. The average molecular weight is 278 g/mol. The third-order valence-electron chi connectivity index (χ3n) is 3.07. The minimum Gasteiger partial charge on any atom is -0.347 e. The highest BCUT2D eigenvalue weighted by atomic mass is 16.1. The Morgan fingerprint density at radius 3 is 2.76 bits per heavy atom. The van der Waals surface area contributed by atoms with Crippen LogP contribution in [0.25, 0.3) is 11.3 Å². The van der Waals surface area contributed by atoms with E-state index in [0.29, 0.717) is 12.2 Å². The molecule has 0 atom stereocenters. The van der Waals surface area contributed by atoms with E-state index in [4.69, 9.17) is 0 Å². The summed E-state index contributed by atoms with van der Waals surface area (Å²) in [5.41, 5.74) is 3.12. The Kier molecular flexibility index (Phi) is 3.73. The summed E-state index contributed by atoms with van der Waals surface area (Å²) in [7, 11) is 0. The fraction of sp³-hybridized carbons (Fsp3) is 0.0625. The van der Waals surface area contributed by atoms with Crippen LogP contribution in [0.5, 0.6) is 0 Å². The van der Waals surface area contributed by atoms with Crippen LogP contribution in [0, 0.1) is 0 Å². The summed E-state index contributed by atoms with van der Waals surface area (Å²) >= 11 is 0. The molecule has 0 aliphatic carbocycles. The van der Waals surface area contributed by atoms with E-state index in [2.05, 4.69) is 20.5 Å². The first-order chi connectivity index (χ1) is 10.3. The first-order valence-corrected chi connectivity index (χ1v) is 6.61. The predicted molar refractivity (Wildman–Crippen MR) is 79.4 cm³/mol. The Morgan fingerprint density at radius 2 is 2.00 bits per heavy atom. The van der Waals surface area contributed by atoms with Gasteiger partial charge in [0.15, 0.2) is 0 Å². The van der Waals surface area contributed by atoms with Crippen molar-refractivity contribution in [3.05, 3.63) is 72.2 Å². The van der Waals surface area contributed by atoms with E-state index in [0.717, 1.165) is 16.8 Å². The van der Waals surface area contributed by atoms with Crippen molar-refractivity contribution in [3.8, 4) is 11.3 Å². The summed E-state index contributed by atoms with van der Waals surface area (Å²) in [5.74, 6) is -0.187. The van der Waals surface area contributed by atoms with Gasteiger partial charge in [-0.15, -0.1) is 0 Å². The van der Waals surface area contributed by atoms with Crippen molar-refractivity contribution >= 4 is 5.91 Å². The van der Waals surface area contributed by atoms with Crippen LogP contribution in [0.3, 0.4) is 0 Å². The number of pyridine rings is 1. The fourth-order valence-corrected chi connectivity index (χ4v) is 1.98. The summed E-state index contributed by atoms with van der Waals surface area (Å²) in [6, 6.07) is 15.2. The number of hydrogen-bond donors (Lipinski definition) is 2. The largest absolute Gasteiger partial charge is 0.347 e. The van der Waals surface area contributed by atoms with Crippen LogP contribution < -0.4 is 5.32 Å². The summed E-state index contributed by atoms with van der Waals surface area (Å²) in [6.45, 7) is 0.437. The monoisotopic (exact) mass is 278 g/mol. The van der Waals surface area contributed by atoms with Gasteiger partial charge >= 0.3 is 0 Å². The zero-order chi connectivity index (χ0) is 14.5. The SMILES string of the molecule is O=C(NCc1cccnc1)c1cc(-c2ccccc2)n[nH]1. The second kappa shape index (κ2) is 6.00. The molecule has 2 aromatic heterocycles. The first kappa shape index (κ1) is 13.1.